The van der Waals surface area contributed by atoms with Crippen LogP contribution in [0.2, 0.25) is 0 Å². The highest BCUT2D eigenvalue weighted by Crippen LogP contribution is 2.00. The minimum Gasteiger partial charge on any atom is -0.312 e. The summed E-state index contributed by atoms with van der Waals surface area (Å²) in [5.74, 6) is -1.18. The van der Waals surface area contributed by atoms with Crippen molar-refractivity contribution >= 4 is 17.7 Å². The second kappa shape index (κ2) is 21.5. The molecule has 0 bridgehead atoms. The summed E-state index contributed by atoms with van der Waals surface area (Å²) in [6, 6.07) is 0. The second-order valence-electron chi connectivity index (χ2n) is 7.66. The van der Waals surface area contributed by atoms with Gasteiger partial charge in [0, 0.05) is 30.8 Å². The first-order chi connectivity index (χ1) is 13.8. The lowest BCUT2D eigenvalue weighted by Gasteiger charge is -2.16. The number of hydrogen-bond donors (Lipinski definition) is 4. The van der Waals surface area contributed by atoms with Crippen molar-refractivity contribution in [2.24, 2.45) is 23.5 Å². The molecule has 10 nitrogen and oxygen atoms in total. The Labute approximate surface area is 188 Å². The van der Waals surface area contributed by atoms with Gasteiger partial charge in [0.15, 0.2) is 0 Å². The summed E-state index contributed by atoms with van der Waals surface area (Å²) < 4.78 is 0. The first-order valence-corrected chi connectivity index (χ1v) is 10.5. The van der Waals surface area contributed by atoms with Gasteiger partial charge in [-0.25, -0.2) is 15.2 Å². The Hall–Kier alpha value is -1.75. The number of rotatable bonds is 9. The largest absolute Gasteiger partial charge is 0.312 e. The van der Waals surface area contributed by atoms with Crippen molar-refractivity contribution in [2.75, 3.05) is 19.8 Å². The second-order valence-corrected chi connectivity index (χ2v) is 7.66. The number of nitrogens with zero attached hydrogens (tertiary/aromatic N) is 3. The molecule has 0 rings (SSSR count). The summed E-state index contributed by atoms with van der Waals surface area (Å²) in [4.78, 5) is 32.6. The lowest BCUT2D eigenvalue weighted by atomic mass is 10.2. The summed E-state index contributed by atoms with van der Waals surface area (Å²) in [6.07, 6.45) is 2.63. The Morgan fingerprint density at radius 2 is 1.00 bits per heavy atom. The standard InChI is InChI=1S/C8H17NO2.C7H15NO2.C5H12N2O2.CH4/c1-4-5-6-9(11)8(10)7(2)3;1-4-5-8(10)7(9)6(2)3;1-4(2)5(8)7(9)3-6;/h7,11H,4-6H2,1-3H3;6,10H,4-5H2,1-3H3;4,9H,3,6H2,1-2H3;1H4. The molecule has 0 unspecified atom stereocenters. The third-order valence-electron chi connectivity index (χ3n) is 3.58. The number of nitrogens with two attached hydrogens (primary N) is 1. The zero-order valence-corrected chi connectivity index (χ0v) is 20.0. The third kappa shape index (κ3) is 19.9. The van der Waals surface area contributed by atoms with Gasteiger partial charge in [0.25, 0.3) is 0 Å². The van der Waals surface area contributed by atoms with E-state index in [9.17, 15) is 14.4 Å². The zero-order chi connectivity index (χ0) is 24.4. The average Bonchev–Trinajstić information content (AvgIpc) is 2.70. The Kier molecular flexibility index (Phi) is 25.4. The predicted molar refractivity (Wildman–Crippen MR) is 121 cm³/mol. The van der Waals surface area contributed by atoms with Crippen LogP contribution in [0, 0.1) is 17.8 Å². The Bertz CT molecular complexity index is 473. The van der Waals surface area contributed by atoms with Crippen molar-refractivity contribution in [3.63, 3.8) is 0 Å². The highest BCUT2D eigenvalue weighted by molar-refractivity contribution is 5.77. The Morgan fingerprint density at radius 1 is 0.677 bits per heavy atom. The number of hydrogen-bond acceptors (Lipinski definition) is 7. The maximum Gasteiger partial charge on any atom is 0.249 e. The van der Waals surface area contributed by atoms with E-state index in [1.165, 1.54) is 0 Å². The lowest BCUT2D eigenvalue weighted by molar-refractivity contribution is -0.169. The molecule has 0 aliphatic carbocycles. The van der Waals surface area contributed by atoms with Crippen LogP contribution >= 0.6 is 0 Å². The third-order valence-corrected chi connectivity index (χ3v) is 3.58. The van der Waals surface area contributed by atoms with Crippen LogP contribution in [-0.4, -0.2) is 68.3 Å². The van der Waals surface area contributed by atoms with Crippen molar-refractivity contribution < 1.29 is 30.0 Å². The molecule has 0 aromatic carbocycles. The van der Waals surface area contributed by atoms with Crippen LogP contribution < -0.4 is 5.73 Å². The van der Waals surface area contributed by atoms with E-state index in [1.807, 2.05) is 13.8 Å². The molecule has 5 N–H and O–H groups in total. The molecule has 0 atom stereocenters. The summed E-state index contributed by atoms with van der Waals surface area (Å²) >= 11 is 0. The molecule has 0 aromatic rings. The molecule has 0 aliphatic rings. The van der Waals surface area contributed by atoms with E-state index in [-0.39, 0.29) is 49.6 Å². The molecule has 0 heterocycles. The molecule has 3 amide bonds. The van der Waals surface area contributed by atoms with Crippen molar-refractivity contribution in [1.82, 2.24) is 15.2 Å². The lowest BCUT2D eigenvalue weighted by Crippen LogP contribution is -2.35. The SMILES string of the molecule is C.CC(C)C(=O)N(O)CN.CCCCN(O)C(=O)C(C)C.CCCN(O)C(=O)C(C)C. The van der Waals surface area contributed by atoms with Gasteiger partial charge in [0.05, 0.1) is 6.67 Å². The Morgan fingerprint density at radius 3 is 1.23 bits per heavy atom. The minimum atomic E-state index is -0.350. The van der Waals surface area contributed by atoms with Crippen molar-refractivity contribution in [3.05, 3.63) is 0 Å². The van der Waals surface area contributed by atoms with Crippen molar-refractivity contribution in [1.29, 1.82) is 0 Å². The first kappa shape index (κ1) is 36.6. The number of unbranched alkanes of at least 4 members (excludes halogenated alkanes) is 1. The molecule has 0 aromatic heterocycles. The first-order valence-electron chi connectivity index (χ1n) is 10.5. The van der Waals surface area contributed by atoms with E-state index in [0.717, 1.165) is 29.4 Å². The van der Waals surface area contributed by atoms with Crippen LogP contribution in [0.1, 0.15) is 82.1 Å². The topological polar surface area (TPSA) is 148 Å². The van der Waals surface area contributed by atoms with Crippen molar-refractivity contribution in [2.45, 2.75) is 82.1 Å². The predicted octanol–water partition coefficient (Wildman–Crippen LogP) is 3.34. The van der Waals surface area contributed by atoms with Crippen LogP contribution in [0.3, 0.4) is 0 Å². The molecular formula is C21H48N4O6. The van der Waals surface area contributed by atoms with Gasteiger partial charge in [-0.3, -0.25) is 30.0 Å². The minimum absolute atomic E-state index is 0. The summed E-state index contributed by atoms with van der Waals surface area (Å²) in [5, 5.41) is 28.8. The molecule has 0 spiro atoms. The number of amides is 3. The number of hydroxylamine groups is 6. The Balaban J connectivity index is -0.000000174. The highest BCUT2D eigenvalue weighted by Gasteiger charge is 2.14. The van der Waals surface area contributed by atoms with Gasteiger partial charge >= 0.3 is 0 Å². The summed E-state index contributed by atoms with van der Waals surface area (Å²) in [7, 11) is 0. The van der Waals surface area contributed by atoms with E-state index in [1.54, 1.807) is 41.5 Å². The molecule has 0 fully saturated rings. The molecule has 0 saturated heterocycles. The summed E-state index contributed by atoms with van der Waals surface area (Å²) in [5.41, 5.74) is 4.97. The van der Waals surface area contributed by atoms with Gasteiger partial charge in [-0.2, -0.15) is 0 Å². The maximum atomic E-state index is 11.0. The van der Waals surface area contributed by atoms with Crippen molar-refractivity contribution in [3.8, 4) is 0 Å². The fourth-order valence-corrected chi connectivity index (χ4v) is 1.72. The highest BCUT2D eigenvalue weighted by atomic mass is 16.5. The average molecular weight is 453 g/mol. The van der Waals surface area contributed by atoms with E-state index in [0.29, 0.717) is 18.2 Å². The van der Waals surface area contributed by atoms with E-state index in [4.69, 9.17) is 21.4 Å². The maximum absolute atomic E-state index is 11.0. The van der Waals surface area contributed by atoms with E-state index >= 15 is 0 Å². The van der Waals surface area contributed by atoms with E-state index < -0.39 is 0 Å². The van der Waals surface area contributed by atoms with Gasteiger partial charge in [0.2, 0.25) is 17.7 Å². The molecule has 10 heteroatoms. The molecule has 0 saturated carbocycles. The smallest absolute Gasteiger partial charge is 0.249 e. The van der Waals surface area contributed by atoms with Crippen LogP contribution in [0.25, 0.3) is 0 Å². The molecule has 0 radical (unpaired) electrons. The molecule has 0 aliphatic heterocycles. The summed E-state index contributed by atoms with van der Waals surface area (Å²) in [6.45, 7) is 15.1. The number of carbonyl (C=O) groups excluding carboxylic acids is 3. The van der Waals surface area contributed by atoms with Crippen LogP contribution in [0.5, 0.6) is 0 Å². The number of carbonyl (C=O) groups is 3. The normalized spacial score (nSPS) is 9.77. The monoisotopic (exact) mass is 452 g/mol. The van der Waals surface area contributed by atoms with Crippen LogP contribution in [0.4, 0.5) is 0 Å². The molecule has 188 valence electrons. The van der Waals surface area contributed by atoms with Gasteiger partial charge in [-0.05, 0) is 12.8 Å². The fraction of sp³-hybridized carbons (Fsp3) is 0.857. The van der Waals surface area contributed by atoms with Gasteiger partial charge in [-0.1, -0.05) is 69.2 Å². The zero-order valence-electron chi connectivity index (χ0n) is 20.0. The quantitative estimate of drug-likeness (QED) is 0.238. The molecular weight excluding hydrogens is 404 g/mol. The van der Waals surface area contributed by atoms with Crippen LogP contribution in [0.15, 0.2) is 0 Å². The molecule has 31 heavy (non-hydrogen) atoms. The van der Waals surface area contributed by atoms with E-state index in [2.05, 4.69) is 0 Å². The fourth-order valence-electron chi connectivity index (χ4n) is 1.72. The van der Waals surface area contributed by atoms with Crippen LogP contribution in [-0.2, 0) is 14.4 Å². The van der Waals surface area contributed by atoms with Gasteiger partial charge < -0.3 is 5.73 Å². The van der Waals surface area contributed by atoms with Gasteiger partial charge in [0.1, 0.15) is 0 Å². The van der Waals surface area contributed by atoms with Gasteiger partial charge in [-0.15, -0.1) is 0 Å².